The molecule has 0 saturated carbocycles. The molecule has 0 atom stereocenters. The molecule has 3 aromatic heterocycles. The lowest BCUT2D eigenvalue weighted by Gasteiger charge is -2.14. The number of rotatable bonds is 6. The average molecular weight is 465 g/mol. The van der Waals surface area contributed by atoms with Crippen molar-refractivity contribution in [1.29, 1.82) is 0 Å². The maximum absolute atomic E-state index is 13.5. The van der Waals surface area contributed by atoms with E-state index in [1.165, 1.54) is 4.57 Å². The number of nitrogens with zero attached hydrogens (tertiary/aromatic N) is 5. The molecule has 1 aromatic carbocycles. The van der Waals surface area contributed by atoms with Gasteiger partial charge in [-0.05, 0) is 26.0 Å². The van der Waals surface area contributed by atoms with Gasteiger partial charge in [-0.2, -0.15) is 4.98 Å². The fourth-order valence-electron chi connectivity index (χ4n) is 3.45. The van der Waals surface area contributed by atoms with Gasteiger partial charge < -0.3 is 10.1 Å². The molecule has 0 aliphatic rings. The van der Waals surface area contributed by atoms with Crippen molar-refractivity contribution in [2.45, 2.75) is 20.4 Å². The van der Waals surface area contributed by atoms with Gasteiger partial charge in [0.05, 0.1) is 24.2 Å². The van der Waals surface area contributed by atoms with Gasteiger partial charge in [0.2, 0.25) is 5.95 Å². The van der Waals surface area contributed by atoms with E-state index < -0.39 is 11.5 Å². The summed E-state index contributed by atoms with van der Waals surface area (Å²) in [6.07, 6.45) is 4.91. The summed E-state index contributed by atoms with van der Waals surface area (Å²) < 4.78 is 6.33. The molecule has 1 N–H and O–H groups in total. The Hall–Kier alpha value is -3.85. The Kier molecular flexibility index (Phi) is 6.32. The monoisotopic (exact) mass is 464 g/mol. The number of esters is 1. The number of aryl methyl sites for hydroxylation is 1. The molecule has 10 heteroatoms. The van der Waals surface area contributed by atoms with Gasteiger partial charge in [-0.3, -0.25) is 19.1 Å². The second-order valence-electron chi connectivity index (χ2n) is 7.22. The fourth-order valence-corrected chi connectivity index (χ4v) is 3.73. The maximum Gasteiger partial charge on any atom is 0.326 e. The number of carbonyl (C=O) groups excluding carboxylic acids is 1. The number of hydrogen-bond donors (Lipinski definition) is 1. The molecule has 4 aromatic rings. The van der Waals surface area contributed by atoms with Gasteiger partial charge in [-0.25, -0.2) is 9.97 Å². The van der Waals surface area contributed by atoms with E-state index >= 15 is 0 Å². The van der Waals surface area contributed by atoms with Gasteiger partial charge in [0.15, 0.2) is 0 Å². The molecule has 0 spiro atoms. The Balaban J connectivity index is 1.88. The minimum absolute atomic E-state index is 0.205. The van der Waals surface area contributed by atoms with Crippen molar-refractivity contribution < 1.29 is 9.53 Å². The van der Waals surface area contributed by atoms with Crippen molar-refractivity contribution in [3.8, 4) is 22.4 Å². The molecular weight excluding hydrogens is 444 g/mol. The second-order valence-corrected chi connectivity index (χ2v) is 7.62. The van der Waals surface area contributed by atoms with E-state index in [0.29, 0.717) is 38.8 Å². The summed E-state index contributed by atoms with van der Waals surface area (Å²) in [5.74, 6) is -0.212. The van der Waals surface area contributed by atoms with Crippen LogP contribution in [-0.2, 0) is 16.1 Å². The Morgan fingerprint density at radius 1 is 1.15 bits per heavy atom. The zero-order valence-electron chi connectivity index (χ0n) is 18.3. The van der Waals surface area contributed by atoms with Crippen LogP contribution in [0, 0.1) is 6.92 Å². The highest BCUT2D eigenvalue weighted by Crippen LogP contribution is 2.31. The average Bonchev–Trinajstić information content (AvgIpc) is 2.81. The van der Waals surface area contributed by atoms with Crippen LogP contribution in [0.25, 0.3) is 33.4 Å². The summed E-state index contributed by atoms with van der Waals surface area (Å²) in [6.45, 7) is 3.48. The molecule has 0 aliphatic heterocycles. The van der Waals surface area contributed by atoms with Gasteiger partial charge in [0, 0.05) is 46.5 Å². The molecule has 0 radical (unpaired) electrons. The van der Waals surface area contributed by atoms with Crippen LogP contribution in [0.3, 0.4) is 0 Å². The smallest absolute Gasteiger partial charge is 0.326 e. The lowest BCUT2D eigenvalue weighted by atomic mass is 10.0. The molecular formula is C23H21ClN6O3. The number of ether oxygens (including phenoxy) is 1. The van der Waals surface area contributed by atoms with Crippen molar-refractivity contribution in [2.24, 2.45) is 0 Å². The number of pyridine rings is 1. The molecule has 33 heavy (non-hydrogen) atoms. The Bertz CT molecular complexity index is 1420. The van der Waals surface area contributed by atoms with E-state index in [1.807, 2.05) is 13.0 Å². The minimum atomic E-state index is -0.540. The number of fused-ring (bicyclic) bond motifs is 1. The first-order valence-corrected chi connectivity index (χ1v) is 10.6. The molecule has 168 valence electrons. The summed E-state index contributed by atoms with van der Waals surface area (Å²) in [7, 11) is 1.67. The van der Waals surface area contributed by atoms with Crippen LogP contribution in [0.2, 0.25) is 5.02 Å². The van der Waals surface area contributed by atoms with Crippen molar-refractivity contribution in [3.63, 3.8) is 0 Å². The van der Waals surface area contributed by atoms with E-state index in [1.54, 1.807) is 50.8 Å². The van der Waals surface area contributed by atoms with Crippen molar-refractivity contribution in [1.82, 2.24) is 24.5 Å². The molecule has 0 amide bonds. The first-order valence-electron chi connectivity index (χ1n) is 10.2. The lowest BCUT2D eigenvalue weighted by Crippen LogP contribution is -2.27. The largest absolute Gasteiger partial charge is 0.465 e. The van der Waals surface area contributed by atoms with Crippen LogP contribution in [-0.4, -0.2) is 44.1 Å². The highest BCUT2D eigenvalue weighted by Gasteiger charge is 2.18. The Labute approximate surface area is 194 Å². The van der Waals surface area contributed by atoms with Crippen LogP contribution in [0.1, 0.15) is 12.6 Å². The number of nitrogens with one attached hydrogen (secondary N) is 1. The van der Waals surface area contributed by atoms with Crippen LogP contribution < -0.4 is 10.9 Å². The molecule has 0 unspecified atom stereocenters. The molecule has 4 rings (SSSR count). The van der Waals surface area contributed by atoms with E-state index in [-0.39, 0.29) is 13.2 Å². The van der Waals surface area contributed by atoms with Gasteiger partial charge in [-0.1, -0.05) is 23.7 Å². The number of halogens is 1. The highest BCUT2D eigenvalue weighted by atomic mass is 35.5. The minimum Gasteiger partial charge on any atom is -0.465 e. The zero-order valence-corrected chi connectivity index (χ0v) is 19.1. The molecule has 9 nitrogen and oxygen atoms in total. The summed E-state index contributed by atoms with van der Waals surface area (Å²) in [5.41, 5.74) is 2.97. The number of aromatic nitrogens is 5. The van der Waals surface area contributed by atoms with Gasteiger partial charge in [0.1, 0.15) is 12.2 Å². The molecule has 3 heterocycles. The molecule has 0 fully saturated rings. The summed E-state index contributed by atoms with van der Waals surface area (Å²) in [6, 6.07) is 6.98. The number of anilines is 1. The van der Waals surface area contributed by atoms with Gasteiger partial charge in [-0.15, -0.1) is 0 Å². The molecule has 0 bridgehead atoms. The normalized spacial score (nSPS) is 10.9. The third kappa shape index (κ3) is 4.54. The third-order valence-electron chi connectivity index (χ3n) is 4.95. The predicted octanol–water partition coefficient (Wildman–Crippen LogP) is 3.48. The quantitative estimate of drug-likeness (QED) is 0.431. The second kappa shape index (κ2) is 9.33. The van der Waals surface area contributed by atoms with Crippen molar-refractivity contribution >= 4 is 34.6 Å². The maximum atomic E-state index is 13.5. The molecule has 0 aliphatic carbocycles. The SMILES string of the molecule is CCOC(=O)Cn1c(=O)c(-c2ccc(-c3cncc(C)n3)cc2Cl)cc2cnc(NC)nc21. The first-order chi connectivity index (χ1) is 15.9. The highest BCUT2D eigenvalue weighted by molar-refractivity contribution is 6.33. The molecule has 0 saturated heterocycles. The third-order valence-corrected chi connectivity index (χ3v) is 5.27. The first kappa shape index (κ1) is 22.3. The van der Waals surface area contributed by atoms with Crippen molar-refractivity contribution in [2.75, 3.05) is 19.0 Å². The Morgan fingerprint density at radius 3 is 2.67 bits per heavy atom. The van der Waals surface area contributed by atoms with Crippen LogP contribution in [0.15, 0.2) is 47.7 Å². The van der Waals surface area contributed by atoms with E-state index in [4.69, 9.17) is 16.3 Å². The fraction of sp³-hybridized carbons (Fsp3) is 0.217. The van der Waals surface area contributed by atoms with E-state index in [2.05, 4.69) is 25.3 Å². The summed E-state index contributed by atoms with van der Waals surface area (Å²) in [5, 5.41) is 3.78. The number of carbonyl (C=O) groups is 1. The van der Waals surface area contributed by atoms with E-state index in [9.17, 15) is 9.59 Å². The summed E-state index contributed by atoms with van der Waals surface area (Å²) >= 11 is 6.60. The predicted molar refractivity (Wildman–Crippen MR) is 126 cm³/mol. The van der Waals surface area contributed by atoms with Gasteiger partial charge in [0.25, 0.3) is 5.56 Å². The van der Waals surface area contributed by atoms with Crippen LogP contribution in [0.4, 0.5) is 5.95 Å². The van der Waals surface area contributed by atoms with Crippen LogP contribution >= 0.6 is 11.6 Å². The zero-order chi connectivity index (χ0) is 23.5. The topological polar surface area (TPSA) is 112 Å². The number of hydrogen-bond acceptors (Lipinski definition) is 8. The lowest BCUT2D eigenvalue weighted by molar-refractivity contribution is -0.143. The van der Waals surface area contributed by atoms with Crippen LogP contribution in [0.5, 0.6) is 0 Å². The summed E-state index contributed by atoms with van der Waals surface area (Å²) in [4.78, 5) is 42.9. The van der Waals surface area contributed by atoms with Crippen molar-refractivity contribution in [3.05, 3.63) is 63.9 Å². The standard InChI is InChI=1S/C23H21ClN6O3/c1-4-33-20(31)12-30-21-15(10-27-23(25-3)29-21)7-17(22(30)32)16-6-5-14(8-18(16)24)19-11-26-9-13(2)28-19/h5-11H,4,12H2,1-3H3,(H,25,27,29). The Morgan fingerprint density at radius 2 is 1.97 bits per heavy atom. The van der Waals surface area contributed by atoms with Gasteiger partial charge >= 0.3 is 5.97 Å². The van der Waals surface area contributed by atoms with E-state index in [0.717, 1.165) is 11.3 Å². The number of benzene rings is 1.